The number of ether oxygens (including phenoxy) is 2. The maximum absolute atomic E-state index is 14.1. The van der Waals surface area contributed by atoms with Crippen LogP contribution in [0.5, 0.6) is 11.5 Å². The van der Waals surface area contributed by atoms with Crippen LogP contribution >= 0.6 is 0 Å². The Labute approximate surface area is 261 Å². The van der Waals surface area contributed by atoms with E-state index in [-0.39, 0.29) is 29.9 Å². The van der Waals surface area contributed by atoms with Crippen LogP contribution in [0.25, 0.3) is 0 Å². The van der Waals surface area contributed by atoms with E-state index < -0.39 is 20.0 Å². The van der Waals surface area contributed by atoms with E-state index in [1.165, 1.54) is 0 Å². The molecule has 0 aliphatic carbocycles. The number of hydrogen-bond acceptors (Lipinski definition) is 8. The maximum Gasteiger partial charge on any atom is 0.266 e. The Kier molecular flexibility index (Phi) is 7.12. The molecule has 4 heterocycles. The lowest BCUT2D eigenvalue weighted by Crippen LogP contribution is -2.43. The average Bonchev–Trinajstić information content (AvgIpc) is 3.64. The van der Waals surface area contributed by atoms with E-state index in [0.29, 0.717) is 64.8 Å². The van der Waals surface area contributed by atoms with Crippen molar-refractivity contribution < 1.29 is 29.0 Å². The number of carbonyl (C=O) groups excluding carboxylic acids is 2. The van der Waals surface area contributed by atoms with E-state index in [2.05, 4.69) is 15.6 Å². The molecule has 0 bridgehead atoms. The topological polar surface area (TPSA) is 139 Å². The van der Waals surface area contributed by atoms with Crippen LogP contribution in [0.1, 0.15) is 35.0 Å². The number of aliphatic hydroxyl groups is 1. The van der Waals surface area contributed by atoms with Gasteiger partial charge in [0.25, 0.3) is 11.8 Å². The number of nitrogens with zero attached hydrogens (tertiary/aromatic N) is 4. The summed E-state index contributed by atoms with van der Waals surface area (Å²) >= 11 is 0. The Hall–Kier alpha value is -4.36. The Morgan fingerprint density at radius 3 is 2.58 bits per heavy atom. The van der Waals surface area contributed by atoms with Crippen molar-refractivity contribution in [2.45, 2.75) is 56.7 Å². The van der Waals surface area contributed by atoms with E-state index >= 15 is 0 Å². The van der Waals surface area contributed by atoms with Gasteiger partial charge in [-0.3, -0.25) is 19.2 Å². The maximum atomic E-state index is 14.1. The monoisotopic (exact) mass is 625 g/mol. The number of nitrogens with one attached hydrogen (secondary N) is 1. The van der Waals surface area contributed by atoms with Crippen molar-refractivity contribution in [1.82, 2.24) is 15.0 Å². The van der Waals surface area contributed by atoms with Gasteiger partial charge in [-0.05, 0) is 62.0 Å². The second-order valence-electron chi connectivity index (χ2n) is 12.5. The number of aromatic nitrogens is 3. The molecule has 11 nitrogen and oxygen atoms in total. The summed E-state index contributed by atoms with van der Waals surface area (Å²) in [5.41, 5.74) is 1.89. The summed E-state index contributed by atoms with van der Waals surface area (Å²) in [4.78, 5) is 41.2. The van der Waals surface area contributed by atoms with Gasteiger partial charge in [0.15, 0.2) is 19.7 Å². The third kappa shape index (κ3) is 4.76. The van der Waals surface area contributed by atoms with Gasteiger partial charge in [0.1, 0.15) is 5.75 Å². The van der Waals surface area contributed by atoms with Gasteiger partial charge >= 0.3 is 0 Å². The Bertz CT molecular complexity index is 1800. The van der Waals surface area contributed by atoms with Crippen molar-refractivity contribution in [3.63, 3.8) is 0 Å². The lowest BCUT2D eigenvalue weighted by Gasteiger charge is -2.32. The fourth-order valence-corrected chi connectivity index (χ4v) is 9.90. The second kappa shape index (κ2) is 10.9. The van der Waals surface area contributed by atoms with Gasteiger partial charge in [0.2, 0.25) is 0 Å². The molecule has 3 N–H and O–H groups in total. The van der Waals surface area contributed by atoms with Crippen LogP contribution in [0.3, 0.4) is 0 Å². The van der Waals surface area contributed by atoms with Crippen molar-refractivity contribution in [1.29, 1.82) is 0 Å². The first-order valence-corrected chi connectivity index (χ1v) is 18.2. The molecule has 1 saturated heterocycles. The SMILES string of the molecule is C[C@@H]1[C@@H]([Si](C)(C)O)[C@H](CCn2cc(CCO)nn2)O[C@@]12C(=O)Nc1ccc(N3C(=O)c4ccccc4Oc4ccccc43)cc12. The van der Waals surface area contributed by atoms with E-state index in [9.17, 15) is 19.5 Å². The molecule has 4 atom stereocenters. The average molecular weight is 626 g/mol. The molecule has 4 aromatic rings. The number of para-hydroxylation sites is 3. The van der Waals surface area contributed by atoms with Crippen molar-refractivity contribution >= 4 is 37.2 Å². The van der Waals surface area contributed by atoms with Gasteiger partial charge in [-0.1, -0.05) is 36.4 Å². The molecule has 0 unspecified atom stereocenters. The minimum absolute atomic E-state index is 0.0124. The van der Waals surface area contributed by atoms with Gasteiger partial charge in [-0.15, -0.1) is 5.10 Å². The number of carbonyl (C=O) groups is 2. The van der Waals surface area contributed by atoms with Crippen molar-refractivity contribution in [2.24, 2.45) is 5.92 Å². The Morgan fingerprint density at radius 1 is 1.04 bits per heavy atom. The molecule has 3 aliphatic rings. The Balaban J connectivity index is 1.29. The number of fused-ring (bicyclic) bond motifs is 4. The number of amides is 2. The highest BCUT2D eigenvalue weighted by atomic mass is 28.4. The molecule has 2 amide bonds. The standard InChI is InChI=1S/C33H35N5O6Si/c1-20-30(45(2,3)42)29(14-16-37-19-21(15-17-39)35-36-37)44-33(20)24-18-22(12-13-25(24)34-32(33)41)38-26-9-5-7-11-28(26)43-27-10-6-4-8-23(27)31(38)40/h4-13,18-20,29-30,39,42H,14-17H2,1-3H3,(H,34,41)/t20-,29+,30-,33+/m1/s1. The first kappa shape index (κ1) is 29.4. The summed E-state index contributed by atoms with van der Waals surface area (Å²) in [6.45, 7) is 6.20. The lowest BCUT2D eigenvalue weighted by molar-refractivity contribution is -0.143. The smallest absolute Gasteiger partial charge is 0.266 e. The minimum Gasteiger partial charge on any atom is -0.454 e. The van der Waals surface area contributed by atoms with Crippen LogP contribution in [0.2, 0.25) is 18.6 Å². The number of benzene rings is 3. The lowest BCUT2D eigenvalue weighted by atomic mass is 9.82. The molecule has 3 aromatic carbocycles. The van der Waals surface area contributed by atoms with Gasteiger partial charge < -0.3 is 24.7 Å². The predicted molar refractivity (Wildman–Crippen MR) is 169 cm³/mol. The highest BCUT2D eigenvalue weighted by molar-refractivity contribution is 6.71. The first-order valence-electron chi connectivity index (χ1n) is 15.2. The first-order chi connectivity index (χ1) is 21.6. The molecule has 1 aromatic heterocycles. The van der Waals surface area contributed by atoms with Crippen LogP contribution in [-0.2, 0) is 28.1 Å². The minimum atomic E-state index is -2.86. The second-order valence-corrected chi connectivity index (χ2v) is 16.5. The summed E-state index contributed by atoms with van der Waals surface area (Å²) in [5.74, 6) is 0.110. The number of aryl methyl sites for hydroxylation is 1. The zero-order valence-corrected chi connectivity index (χ0v) is 26.3. The van der Waals surface area contributed by atoms with Crippen molar-refractivity contribution in [3.8, 4) is 11.5 Å². The van der Waals surface area contributed by atoms with Gasteiger partial charge in [-0.25, -0.2) is 0 Å². The third-order valence-electron chi connectivity index (χ3n) is 9.22. The molecular weight excluding hydrogens is 590 g/mol. The molecule has 45 heavy (non-hydrogen) atoms. The van der Waals surface area contributed by atoms with Gasteiger partial charge in [0.05, 0.1) is 23.0 Å². The normalized spacial score (nSPS) is 23.8. The van der Waals surface area contributed by atoms with Crippen LogP contribution in [0.4, 0.5) is 17.1 Å². The summed E-state index contributed by atoms with van der Waals surface area (Å²) in [6.07, 6.45) is 2.28. The van der Waals surface area contributed by atoms with Crippen LogP contribution in [0, 0.1) is 5.92 Å². The molecule has 1 fully saturated rings. The molecule has 0 radical (unpaired) electrons. The molecule has 0 saturated carbocycles. The fourth-order valence-electron chi connectivity index (χ4n) is 7.30. The number of anilines is 3. The van der Waals surface area contributed by atoms with E-state index in [1.54, 1.807) is 34.0 Å². The van der Waals surface area contributed by atoms with Crippen molar-refractivity contribution in [3.05, 3.63) is 89.7 Å². The number of rotatable bonds is 7. The van der Waals surface area contributed by atoms with Gasteiger partial charge in [-0.2, -0.15) is 0 Å². The summed E-state index contributed by atoms with van der Waals surface area (Å²) in [6, 6.07) is 20.0. The zero-order valence-electron chi connectivity index (χ0n) is 25.3. The van der Waals surface area contributed by atoms with E-state index in [1.807, 2.05) is 68.5 Å². The summed E-state index contributed by atoms with van der Waals surface area (Å²) in [5, 5.41) is 20.6. The van der Waals surface area contributed by atoms with Crippen LogP contribution in [-0.4, -0.2) is 57.7 Å². The zero-order chi connectivity index (χ0) is 31.5. The van der Waals surface area contributed by atoms with E-state index in [4.69, 9.17) is 9.47 Å². The number of aliphatic hydroxyl groups excluding tert-OH is 1. The molecule has 1 spiro atoms. The third-order valence-corrected chi connectivity index (χ3v) is 11.7. The summed E-state index contributed by atoms with van der Waals surface area (Å²) in [7, 11) is -2.86. The Morgan fingerprint density at radius 2 is 1.80 bits per heavy atom. The fraction of sp³-hybridized carbons (Fsp3) is 0.333. The molecular formula is C33H35N5O6Si. The largest absolute Gasteiger partial charge is 0.454 e. The van der Waals surface area contributed by atoms with E-state index in [0.717, 1.165) is 0 Å². The van der Waals surface area contributed by atoms with Crippen molar-refractivity contribution in [2.75, 3.05) is 16.8 Å². The molecule has 3 aliphatic heterocycles. The van der Waals surface area contributed by atoms with Crippen LogP contribution < -0.4 is 15.0 Å². The highest BCUT2D eigenvalue weighted by Gasteiger charge is 2.64. The molecule has 7 rings (SSSR count). The summed E-state index contributed by atoms with van der Waals surface area (Å²) < 4.78 is 14.7. The molecule has 12 heteroatoms. The highest BCUT2D eigenvalue weighted by Crippen LogP contribution is 2.59. The van der Waals surface area contributed by atoms with Crippen LogP contribution in [0.15, 0.2) is 72.9 Å². The molecule has 232 valence electrons. The quantitative estimate of drug-likeness (QED) is 0.251. The predicted octanol–water partition coefficient (Wildman–Crippen LogP) is 4.74. The number of hydrogen-bond donors (Lipinski definition) is 3. The van der Waals surface area contributed by atoms with Gasteiger partial charge in [0, 0.05) is 54.2 Å².